The smallest absolute Gasteiger partial charge is 0.192 e. The maximum Gasteiger partial charge on any atom is 0.192 e. The van der Waals surface area contributed by atoms with Crippen LogP contribution in [-0.4, -0.2) is 45.1 Å². The van der Waals surface area contributed by atoms with E-state index in [-0.39, 0.29) is 29.5 Å². The Morgan fingerprint density at radius 1 is 1.30 bits per heavy atom. The van der Waals surface area contributed by atoms with E-state index in [0.717, 1.165) is 19.3 Å². The molecule has 27 heavy (non-hydrogen) atoms. The van der Waals surface area contributed by atoms with Crippen LogP contribution in [0, 0.1) is 5.92 Å². The molecule has 4 nitrogen and oxygen atoms in total. The van der Waals surface area contributed by atoms with Crippen molar-refractivity contribution in [3.63, 3.8) is 0 Å². The van der Waals surface area contributed by atoms with Crippen LogP contribution >= 0.6 is 22.6 Å². The molecule has 2 heterocycles. The average molecular weight is 511 g/mol. The predicted molar refractivity (Wildman–Crippen MR) is 122 cm³/mol. The number of ether oxygens (including phenoxy) is 3. The summed E-state index contributed by atoms with van der Waals surface area (Å²) in [5, 5.41) is 0.172. The van der Waals surface area contributed by atoms with Gasteiger partial charge in [0.2, 0.25) is 0 Å². The van der Waals surface area contributed by atoms with Gasteiger partial charge in [-0.2, -0.15) is 0 Å². The van der Waals surface area contributed by atoms with E-state index in [1.807, 2.05) is 13.8 Å². The largest absolute Gasteiger partial charge is 0.411 e. The Kier molecular flexibility index (Phi) is 8.04. The van der Waals surface area contributed by atoms with Gasteiger partial charge in [-0.1, -0.05) is 56.4 Å². The summed E-state index contributed by atoms with van der Waals surface area (Å²) in [6.45, 7) is 18.4. The van der Waals surface area contributed by atoms with Crippen LogP contribution < -0.4 is 0 Å². The number of hydrogen-bond acceptors (Lipinski definition) is 4. The zero-order chi connectivity index (χ0) is 20.5. The Balaban J connectivity index is 2.12. The second-order valence-corrected chi connectivity index (χ2v) is 15.6. The summed E-state index contributed by atoms with van der Waals surface area (Å²) in [4.78, 5) is 0. The zero-order valence-electron chi connectivity index (χ0n) is 18.4. The van der Waals surface area contributed by atoms with Gasteiger partial charge in [-0.05, 0) is 54.8 Å². The standard InChI is InChI=1S/C21H39IO4Si/c1-15-12-18(24-17(15)10-9-11-22)19(26-27(7,8)20(2,3)4)13-16-14-23-21(5,6)25-16/h9,11,15-19H,10,12-14H2,1-8H3/b11-9-/t15-,16-,17-,18-,19-/m1/s1. The minimum atomic E-state index is -1.90. The first-order valence-corrected chi connectivity index (χ1v) is 14.4. The summed E-state index contributed by atoms with van der Waals surface area (Å²) in [5.41, 5.74) is 0. The van der Waals surface area contributed by atoms with Gasteiger partial charge in [-0.15, -0.1) is 0 Å². The lowest BCUT2D eigenvalue weighted by molar-refractivity contribution is -0.144. The molecule has 0 amide bonds. The van der Waals surface area contributed by atoms with Crippen LogP contribution in [0.5, 0.6) is 0 Å². The maximum absolute atomic E-state index is 6.88. The van der Waals surface area contributed by atoms with Gasteiger partial charge in [0.05, 0.1) is 31.0 Å². The summed E-state index contributed by atoms with van der Waals surface area (Å²) in [6, 6.07) is 0. The predicted octanol–water partition coefficient (Wildman–Crippen LogP) is 6.05. The van der Waals surface area contributed by atoms with Gasteiger partial charge >= 0.3 is 0 Å². The third kappa shape index (κ3) is 6.51. The quantitative estimate of drug-likeness (QED) is 0.309. The van der Waals surface area contributed by atoms with Crippen molar-refractivity contribution in [2.75, 3.05) is 6.61 Å². The lowest BCUT2D eigenvalue weighted by Crippen LogP contribution is -2.48. The van der Waals surface area contributed by atoms with Crippen LogP contribution in [0.2, 0.25) is 18.1 Å². The van der Waals surface area contributed by atoms with Gasteiger partial charge in [0.25, 0.3) is 0 Å². The highest BCUT2D eigenvalue weighted by molar-refractivity contribution is 14.1. The lowest BCUT2D eigenvalue weighted by atomic mass is 9.96. The third-order valence-corrected chi connectivity index (χ3v) is 11.3. The average Bonchev–Trinajstić information content (AvgIpc) is 3.05. The first kappa shape index (κ1) is 23.8. The van der Waals surface area contributed by atoms with Crippen LogP contribution in [0.4, 0.5) is 0 Å². The fraction of sp³-hybridized carbons (Fsp3) is 0.905. The van der Waals surface area contributed by atoms with E-state index in [0.29, 0.717) is 12.5 Å². The molecule has 0 aliphatic carbocycles. The maximum atomic E-state index is 6.88. The summed E-state index contributed by atoms with van der Waals surface area (Å²) < 4.78 is 27.4. The van der Waals surface area contributed by atoms with Gasteiger partial charge in [0.15, 0.2) is 14.1 Å². The number of rotatable bonds is 7. The normalized spacial score (nSPS) is 33.1. The Morgan fingerprint density at radius 2 is 1.96 bits per heavy atom. The Hall–Kier alpha value is 0.527. The first-order valence-electron chi connectivity index (χ1n) is 10.2. The van der Waals surface area contributed by atoms with E-state index in [9.17, 15) is 0 Å². The van der Waals surface area contributed by atoms with Crippen molar-refractivity contribution in [1.29, 1.82) is 0 Å². The molecule has 2 aliphatic rings. The molecule has 0 aromatic rings. The molecule has 2 fully saturated rings. The van der Waals surface area contributed by atoms with E-state index in [1.54, 1.807) is 0 Å². The monoisotopic (exact) mass is 510 g/mol. The molecule has 6 heteroatoms. The van der Waals surface area contributed by atoms with Gasteiger partial charge in [0.1, 0.15) is 0 Å². The second-order valence-electron chi connectivity index (χ2n) is 10.1. The number of hydrogen-bond donors (Lipinski definition) is 0. The Morgan fingerprint density at radius 3 is 2.48 bits per heavy atom. The minimum Gasteiger partial charge on any atom is -0.411 e. The van der Waals surface area contributed by atoms with E-state index in [2.05, 4.69) is 73.5 Å². The fourth-order valence-electron chi connectivity index (χ4n) is 3.61. The van der Waals surface area contributed by atoms with Crippen molar-refractivity contribution in [3.05, 3.63) is 10.2 Å². The van der Waals surface area contributed by atoms with Crippen molar-refractivity contribution >= 4 is 30.9 Å². The Labute approximate surface area is 181 Å². The molecule has 2 saturated heterocycles. The molecule has 0 aromatic carbocycles. The van der Waals surface area contributed by atoms with E-state index in [1.165, 1.54) is 0 Å². The lowest BCUT2D eigenvalue weighted by Gasteiger charge is -2.41. The van der Waals surface area contributed by atoms with Crippen LogP contribution in [0.15, 0.2) is 10.2 Å². The van der Waals surface area contributed by atoms with E-state index >= 15 is 0 Å². The van der Waals surface area contributed by atoms with Crippen LogP contribution in [0.25, 0.3) is 0 Å². The zero-order valence-corrected chi connectivity index (χ0v) is 21.5. The van der Waals surface area contributed by atoms with Crippen molar-refractivity contribution in [1.82, 2.24) is 0 Å². The molecule has 2 aliphatic heterocycles. The molecule has 0 spiro atoms. The Bertz CT molecular complexity index is 515. The van der Waals surface area contributed by atoms with E-state index in [4.69, 9.17) is 18.6 Å². The van der Waals surface area contributed by atoms with Crippen molar-refractivity contribution in [3.8, 4) is 0 Å². The molecular weight excluding hydrogens is 471 g/mol. The molecular formula is C21H39IO4Si. The molecule has 0 bridgehead atoms. The molecule has 0 radical (unpaired) electrons. The molecule has 0 saturated carbocycles. The summed E-state index contributed by atoms with van der Waals surface area (Å²) >= 11 is 2.28. The summed E-state index contributed by atoms with van der Waals surface area (Å²) in [6.07, 6.45) is 5.61. The van der Waals surface area contributed by atoms with E-state index < -0.39 is 14.1 Å². The van der Waals surface area contributed by atoms with Crippen LogP contribution in [-0.2, 0) is 18.6 Å². The highest BCUT2D eigenvalue weighted by Crippen LogP contribution is 2.41. The number of halogens is 1. The molecule has 158 valence electrons. The highest BCUT2D eigenvalue weighted by atomic mass is 127. The van der Waals surface area contributed by atoms with Crippen molar-refractivity contribution in [2.24, 2.45) is 5.92 Å². The topological polar surface area (TPSA) is 36.9 Å². The molecule has 5 atom stereocenters. The summed E-state index contributed by atoms with van der Waals surface area (Å²) in [7, 11) is -1.90. The highest BCUT2D eigenvalue weighted by Gasteiger charge is 2.45. The molecule has 0 unspecified atom stereocenters. The molecule has 0 N–H and O–H groups in total. The summed E-state index contributed by atoms with van der Waals surface area (Å²) in [5.74, 6) is 0.0502. The van der Waals surface area contributed by atoms with Gasteiger partial charge in [0, 0.05) is 6.42 Å². The van der Waals surface area contributed by atoms with Gasteiger partial charge < -0.3 is 18.6 Å². The van der Waals surface area contributed by atoms with Gasteiger partial charge in [-0.3, -0.25) is 0 Å². The fourth-order valence-corrected chi connectivity index (χ4v) is 5.27. The van der Waals surface area contributed by atoms with Crippen LogP contribution in [0.3, 0.4) is 0 Å². The first-order chi connectivity index (χ1) is 12.3. The van der Waals surface area contributed by atoms with Crippen molar-refractivity contribution in [2.45, 2.75) is 109 Å². The second kappa shape index (κ2) is 9.12. The third-order valence-electron chi connectivity index (χ3n) is 6.28. The SMILES string of the molecule is C[C@@H]1C[C@H]([C@@H](C[C@@H]2COC(C)(C)O2)O[Si](C)(C)C(C)(C)C)O[C@@H]1C/C=C\I. The van der Waals surface area contributed by atoms with Crippen LogP contribution in [0.1, 0.15) is 60.8 Å². The van der Waals surface area contributed by atoms with Crippen molar-refractivity contribution < 1.29 is 18.6 Å². The minimum absolute atomic E-state index is 0.0597. The van der Waals surface area contributed by atoms with Gasteiger partial charge in [-0.25, -0.2) is 0 Å². The molecule has 2 rings (SSSR count). The molecule has 0 aromatic heterocycles.